The number of hydrogen-bond acceptors (Lipinski definition) is 2. The van der Waals surface area contributed by atoms with Crippen LogP contribution >= 0.6 is 23.4 Å². The molecular weight excluding hydrogens is 120 g/mol. The molecule has 0 aromatic rings. The number of carbonyl (C=O) groups excluding carboxylic acids is 1. The lowest BCUT2D eigenvalue weighted by atomic mass is 10.9. The number of rotatable bonds is 1. The molecule has 0 fully saturated rings. The van der Waals surface area contributed by atoms with Gasteiger partial charge in [-0.2, -0.15) is 0 Å². The van der Waals surface area contributed by atoms with Crippen molar-refractivity contribution in [3.8, 4) is 0 Å². The van der Waals surface area contributed by atoms with Gasteiger partial charge in [0.25, 0.3) is 0 Å². The summed E-state index contributed by atoms with van der Waals surface area (Å²) < 4.78 is 0. The Balaban J connectivity index is 2.99. The fourth-order valence-electron chi connectivity index (χ4n) is 0.0546. The van der Waals surface area contributed by atoms with Crippen LogP contribution in [0.2, 0.25) is 0 Å². The van der Waals surface area contributed by atoms with E-state index in [1.165, 1.54) is 0 Å². The van der Waals surface area contributed by atoms with Gasteiger partial charge in [0.1, 0.15) is 0 Å². The zero-order valence-corrected chi connectivity index (χ0v) is 4.97. The van der Waals surface area contributed by atoms with E-state index in [-0.39, 0.29) is 11.0 Å². The molecule has 0 unspecified atom stereocenters. The van der Waals surface area contributed by atoms with Crippen molar-refractivity contribution in [1.82, 2.24) is 0 Å². The average molecular weight is 125 g/mol. The summed E-state index contributed by atoms with van der Waals surface area (Å²) >= 11 is 6.24. The van der Waals surface area contributed by atoms with Crippen LogP contribution in [0.4, 0.5) is 0 Å². The van der Waals surface area contributed by atoms with Crippen LogP contribution in [0.1, 0.15) is 0 Å². The number of thioether (sulfide) groups is 1. The van der Waals surface area contributed by atoms with Crippen molar-refractivity contribution < 1.29 is 4.79 Å². The first-order valence-corrected chi connectivity index (χ1v) is 3.20. The van der Waals surface area contributed by atoms with E-state index in [1.54, 1.807) is 6.26 Å². The van der Waals surface area contributed by atoms with E-state index in [2.05, 4.69) is 0 Å². The topological polar surface area (TPSA) is 17.1 Å². The van der Waals surface area contributed by atoms with Crippen molar-refractivity contribution in [2.45, 2.75) is 0 Å². The second-order valence-corrected chi connectivity index (χ2v) is 1.84. The molecule has 0 aliphatic carbocycles. The Morgan fingerprint density at radius 1 is 2.00 bits per heavy atom. The van der Waals surface area contributed by atoms with Gasteiger partial charge in [-0.15, -0.1) is 11.6 Å². The maximum absolute atomic E-state index is 10.0. The molecule has 0 spiro atoms. The molecule has 0 aliphatic rings. The third-order valence-corrected chi connectivity index (χ3v) is 1.34. The molecule has 0 N–H and O–H groups in total. The average Bonchev–Trinajstić information content (AvgIpc) is 1.65. The Kier molecular flexibility index (Phi) is 3.68. The summed E-state index contributed by atoms with van der Waals surface area (Å²) in [6.07, 6.45) is 1.71. The van der Waals surface area contributed by atoms with Crippen molar-refractivity contribution in [2.24, 2.45) is 0 Å². The predicted molar refractivity (Wildman–Crippen MR) is 29.2 cm³/mol. The first-order chi connectivity index (χ1) is 2.81. The van der Waals surface area contributed by atoms with E-state index >= 15 is 0 Å². The number of hydrogen-bond donors (Lipinski definition) is 0. The molecule has 0 saturated carbocycles. The highest BCUT2D eigenvalue weighted by atomic mass is 35.5. The van der Waals surface area contributed by atoms with Gasteiger partial charge < -0.3 is 0 Å². The highest BCUT2D eigenvalue weighted by Gasteiger charge is 1.89. The minimum Gasteiger partial charge on any atom is -0.286 e. The van der Waals surface area contributed by atoms with E-state index < -0.39 is 0 Å². The largest absolute Gasteiger partial charge is 0.286 e. The fraction of sp³-hybridized carbons (Fsp3) is 0.667. The van der Waals surface area contributed by atoms with Crippen molar-refractivity contribution in [1.29, 1.82) is 0 Å². The van der Waals surface area contributed by atoms with Gasteiger partial charge in [0.05, 0.1) is 5.88 Å². The van der Waals surface area contributed by atoms with Crippen LogP contribution in [0.5, 0.6) is 0 Å². The summed E-state index contributed by atoms with van der Waals surface area (Å²) in [5.74, 6) is 0.126. The number of halogens is 1. The van der Waals surface area contributed by atoms with Gasteiger partial charge in [-0.1, -0.05) is 11.8 Å². The molecule has 1 nitrogen and oxygen atoms in total. The van der Waals surface area contributed by atoms with Gasteiger partial charge in [0.2, 0.25) is 5.12 Å². The Labute approximate surface area is 46.1 Å². The van der Waals surface area contributed by atoms with Crippen LogP contribution in [0, 0.1) is 0 Å². The van der Waals surface area contributed by atoms with Crippen LogP contribution in [-0.4, -0.2) is 17.3 Å². The van der Waals surface area contributed by atoms with Crippen molar-refractivity contribution in [2.75, 3.05) is 12.1 Å². The first kappa shape index (κ1) is 6.31. The Morgan fingerprint density at radius 2 is 2.50 bits per heavy atom. The van der Waals surface area contributed by atoms with Gasteiger partial charge in [-0.05, 0) is 6.26 Å². The molecule has 0 aromatic heterocycles. The van der Waals surface area contributed by atoms with Crippen LogP contribution in [0.3, 0.4) is 0 Å². The molecule has 0 heterocycles. The van der Waals surface area contributed by atoms with Crippen LogP contribution in [0.15, 0.2) is 0 Å². The van der Waals surface area contributed by atoms with Crippen molar-refractivity contribution in [3.05, 3.63) is 0 Å². The smallest absolute Gasteiger partial charge is 0.203 e. The third-order valence-electron chi connectivity index (χ3n) is 0.337. The molecule has 0 aliphatic heterocycles. The number of alkyl halides is 1. The van der Waals surface area contributed by atoms with E-state index in [0.717, 1.165) is 11.8 Å². The van der Waals surface area contributed by atoms with E-state index in [9.17, 15) is 4.79 Å². The molecule has 0 amide bonds. The molecule has 0 radical (unpaired) electrons. The second-order valence-electron chi connectivity index (χ2n) is 0.710. The molecule has 36 valence electrons. The molecular formula is C3H5ClOS. The van der Waals surface area contributed by atoms with Gasteiger partial charge in [0, 0.05) is 0 Å². The molecule has 6 heavy (non-hydrogen) atoms. The van der Waals surface area contributed by atoms with Gasteiger partial charge in [0.15, 0.2) is 0 Å². The zero-order chi connectivity index (χ0) is 4.99. The lowest BCUT2D eigenvalue weighted by molar-refractivity contribution is -0.108. The maximum atomic E-state index is 10.0. The summed E-state index contributed by atoms with van der Waals surface area (Å²) in [4.78, 5) is 10.0. The van der Waals surface area contributed by atoms with Gasteiger partial charge >= 0.3 is 0 Å². The van der Waals surface area contributed by atoms with E-state index in [4.69, 9.17) is 11.6 Å². The predicted octanol–water partition coefficient (Wildman–Crippen LogP) is 1.11. The molecule has 0 atom stereocenters. The normalized spacial score (nSPS) is 8.33. The minimum atomic E-state index is 0.0247. The highest BCUT2D eigenvalue weighted by molar-refractivity contribution is 8.13. The maximum Gasteiger partial charge on any atom is 0.203 e. The SMILES string of the molecule is CSC(=O)CCl. The summed E-state index contributed by atoms with van der Waals surface area (Å²) in [6, 6.07) is 0. The summed E-state index contributed by atoms with van der Waals surface area (Å²) in [6.45, 7) is 0. The van der Waals surface area contributed by atoms with Crippen LogP contribution < -0.4 is 0 Å². The third kappa shape index (κ3) is 2.54. The van der Waals surface area contributed by atoms with E-state index in [0.29, 0.717) is 0 Å². The summed E-state index contributed by atoms with van der Waals surface area (Å²) in [7, 11) is 0. The molecule has 3 heteroatoms. The summed E-state index contributed by atoms with van der Waals surface area (Å²) in [5, 5.41) is 0.0247. The van der Waals surface area contributed by atoms with E-state index in [1.807, 2.05) is 0 Å². The zero-order valence-electron chi connectivity index (χ0n) is 3.40. The summed E-state index contributed by atoms with van der Waals surface area (Å²) in [5.41, 5.74) is 0. The minimum absolute atomic E-state index is 0.0247. The number of carbonyl (C=O) groups is 1. The Hall–Kier alpha value is 0.310. The van der Waals surface area contributed by atoms with Gasteiger partial charge in [-0.25, -0.2) is 0 Å². The van der Waals surface area contributed by atoms with Crippen molar-refractivity contribution in [3.63, 3.8) is 0 Å². The quantitative estimate of drug-likeness (QED) is 0.488. The molecule has 0 rings (SSSR count). The first-order valence-electron chi connectivity index (χ1n) is 1.44. The standard InChI is InChI=1S/C3H5ClOS/c1-6-3(5)2-4/h2H2,1H3. The van der Waals surface area contributed by atoms with Crippen molar-refractivity contribution >= 4 is 28.5 Å². The monoisotopic (exact) mass is 124 g/mol. The molecule has 0 saturated heterocycles. The lowest BCUT2D eigenvalue weighted by Crippen LogP contribution is -1.87. The van der Waals surface area contributed by atoms with Crippen LogP contribution in [-0.2, 0) is 4.79 Å². The van der Waals surface area contributed by atoms with Gasteiger partial charge in [-0.3, -0.25) is 4.79 Å². The Morgan fingerprint density at radius 3 is 2.50 bits per heavy atom. The fourth-order valence-corrected chi connectivity index (χ4v) is 0.491. The molecule has 0 bridgehead atoms. The van der Waals surface area contributed by atoms with Crippen LogP contribution in [0.25, 0.3) is 0 Å². The molecule has 0 aromatic carbocycles. The second kappa shape index (κ2) is 3.50. The lowest BCUT2D eigenvalue weighted by Gasteiger charge is -1.79. The highest BCUT2D eigenvalue weighted by Crippen LogP contribution is 1.94. The Bertz CT molecular complexity index is 48.8.